The molecule has 10 nitrogen and oxygen atoms in total. The molecule has 1 aromatic carbocycles. The first-order valence-electron chi connectivity index (χ1n) is 11.2. The number of hydrogen-bond acceptors (Lipinski definition) is 9. The van der Waals surface area contributed by atoms with Crippen LogP contribution in [-0.2, 0) is 16.1 Å². The van der Waals surface area contributed by atoms with E-state index in [0.717, 1.165) is 5.56 Å². The van der Waals surface area contributed by atoms with E-state index in [2.05, 4.69) is 15.0 Å². The lowest BCUT2D eigenvalue weighted by atomic mass is 9.98. The number of rotatable bonds is 8. The van der Waals surface area contributed by atoms with Gasteiger partial charge >= 0.3 is 11.7 Å². The monoisotopic (exact) mass is 462 g/mol. The Hall–Kier alpha value is -4.08. The third-order valence-electron chi connectivity index (χ3n) is 5.67. The molecule has 4 rings (SSSR count). The highest BCUT2D eigenvalue weighted by Crippen LogP contribution is 2.39. The van der Waals surface area contributed by atoms with Crippen molar-refractivity contribution in [3.8, 4) is 0 Å². The van der Waals surface area contributed by atoms with Crippen LogP contribution in [0.5, 0.6) is 0 Å². The Bertz CT molecular complexity index is 1130. The Labute approximate surface area is 197 Å². The van der Waals surface area contributed by atoms with Crippen molar-refractivity contribution in [2.75, 3.05) is 29.5 Å². The van der Waals surface area contributed by atoms with Gasteiger partial charge in [-0.1, -0.05) is 36.4 Å². The van der Waals surface area contributed by atoms with Crippen molar-refractivity contribution in [1.82, 2.24) is 15.0 Å². The largest absolute Gasteiger partial charge is 0.466 e. The first-order chi connectivity index (χ1) is 16.6. The first kappa shape index (κ1) is 23.1. The van der Waals surface area contributed by atoms with Gasteiger partial charge in [-0.3, -0.25) is 14.9 Å². The number of piperidine rings is 1. The molecule has 10 heteroatoms. The van der Waals surface area contributed by atoms with Gasteiger partial charge in [-0.25, -0.2) is 15.0 Å². The van der Waals surface area contributed by atoms with Crippen molar-refractivity contribution in [3.05, 3.63) is 76.7 Å². The quantitative estimate of drug-likeness (QED) is 0.279. The van der Waals surface area contributed by atoms with Crippen molar-refractivity contribution < 1.29 is 14.5 Å². The molecule has 3 aromatic rings. The molecule has 34 heavy (non-hydrogen) atoms. The predicted octanol–water partition coefficient (Wildman–Crippen LogP) is 3.90. The van der Waals surface area contributed by atoms with E-state index in [1.807, 2.05) is 36.4 Å². The molecule has 0 N–H and O–H groups in total. The molecule has 3 heterocycles. The Morgan fingerprint density at radius 1 is 1.18 bits per heavy atom. The van der Waals surface area contributed by atoms with E-state index in [9.17, 15) is 14.9 Å². The maximum Gasteiger partial charge on any atom is 0.354 e. The minimum atomic E-state index is -0.459. The SMILES string of the molecule is CCOC(=O)C1CCCN(c2ncnc(N(Cc3ccccc3)c3ccccn3)c2[N+](=O)[O-])C1. The van der Waals surface area contributed by atoms with Crippen molar-refractivity contribution in [3.63, 3.8) is 0 Å². The summed E-state index contributed by atoms with van der Waals surface area (Å²) in [7, 11) is 0. The van der Waals surface area contributed by atoms with Gasteiger partial charge in [-0.05, 0) is 37.5 Å². The second-order valence-electron chi connectivity index (χ2n) is 7.92. The van der Waals surface area contributed by atoms with Crippen LogP contribution in [0.1, 0.15) is 25.3 Å². The van der Waals surface area contributed by atoms with Gasteiger partial charge in [0.25, 0.3) is 0 Å². The topological polar surface area (TPSA) is 115 Å². The summed E-state index contributed by atoms with van der Waals surface area (Å²) >= 11 is 0. The van der Waals surface area contributed by atoms with Crippen LogP contribution >= 0.6 is 0 Å². The summed E-state index contributed by atoms with van der Waals surface area (Å²) in [4.78, 5) is 40.7. The fourth-order valence-electron chi connectivity index (χ4n) is 4.12. The lowest BCUT2D eigenvalue weighted by Gasteiger charge is -2.32. The second kappa shape index (κ2) is 10.7. The summed E-state index contributed by atoms with van der Waals surface area (Å²) in [6.07, 6.45) is 4.34. The fraction of sp³-hybridized carbons (Fsp3) is 0.333. The van der Waals surface area contributed by atoms with Gasteiger partial charge < -0.3 is 14.5 Å². The molecule has 1 aliphatic heterocycles. The Kier molecular flexibility index (Phi) is 7.26. The number of nitrogens with zero attached hydrogens (tertiary/aromatic N) is 6. The van der Waals surface area contributed by atoms with Gasteiger partial charge in [0.05, 0.1) is 24.0 Å². The molecule has 1 unspecified atom stereocenters. The summed E-state index contributed by atoms with van der Waals surface area (Å²) in [5, 5.41) is 12.4. The number of carbonyl (C=O) groups is 1. The average molecular weight is 463 g/mol. The number of ether oxygens (including phenoxy) is 1. The normalized spacial score (nSPS) is 15.6. The summed E-state index contributed by atoms with van der Waals surface area (Å²) in [6, 6.07) is 15.0. The molecule has 0 amide bonds. The zero-order valence-corrected chi connectivity index (χ0v) is 18.9. The number of esters is 1. The van der Waals surface area contributed by atoms with E-state index in [4.69, 9.17) is 4.74 Å². The van der Waals surface area contributed by atoms with Crippen molar-refractivity contribution in [2.24, 2.45) is 5.92 Å². The van der Waals surface area contributed by atoms with Crippen LogP contribution in [0.3, 0.4) is 0 Å². The molecular weight excluding hydrogens is 436 g/mol. The van der Waals surface area contributed by atoms with Crippen molar-refractivity contribution in [1.29, 1.82) is 0 Å². The van der Waals surface area contributed by atoms with Crippen LogP contribution in [0.25, 0.3) is 0 Å². The van der Waals surface area contributed by atoms with Gasteiger partial charge in [-0.15, -0.1) is 0 Å². The van der Waals surface area contributed by atoms with E-state index in [-0.39, 0.29) is 29.2 Å². The maximum atomic E-state index is 12.4. The number of anilines is 3. The van der Waals surface area contributed by atoms with Crippen molar-refractivity contribution in [2.45, 2.75) is 26.3 Å². The minimum absolute atomic E-state index is 0.149. The highest BCUT2D eigenvalue weighted by atomic mass is 16.6. The third kappa shape index (κ3) is 5.11. The minimum Gasteiger partial charge on any atom is -0.466 e. The lowest BCUT2D eigenvalue weighted by Crippen LogP contribution is -2.40. The molecule has 0 saturated carbocycles. The van der Waals surface area contributed by atoms with E-state index < -0.39 is 4.92 Å². The molecule has 1 fully saturated rings. The smallest absolute Gasteiger partial charge is 0.354 e. The summed E-state index contributed by atoms with van der Waals surface area (Å²) in [5.41, 5.74) is 0.733. The van der Waals surface area contributed by atoms with Crippen LogP contribution < -0.4 is 9.80 Å². The molecule has 1 aliphatic rings. The molecule has 1 atom stereocenters. The summed E-state index contributed by atoms with van der Waals surface area (Å²) < 4.78 is 5.18. The number of nitro groups is 1. The number of benzene rings is 1. The number of aromatic nitrogens is 3. The summed E-state index contributed by atoms with van der Waals surface area (Å²) in [6.45, 7) is 3.25. The fourth-order valence-corrected chi connectivity index (χ4v) is 4.12. The van der Waals surface area contributed by atoms with Crippen LogP contribution in [0.4, 0.5) is 23.1 Å². The molecule has 0 aliphatic carbocycles. The number of hydrogen-bond donors (Lipinski definition) is 0. The maximum absolute atomic E-state index is 12.4. The van der Waals surface area contributed by atoms with Crippen LogP contribution in [0.15, 0.2) is 61.1 Å². The van der Waals surface area contributed by atoms with Crippen LogP contribution in [0.2, 0.25) is 0 Å². The van der Waals surface area contributed by atoms with Gasteiger partial charge in [0.2, 0.25) is 11.6 Å². The van der Waals surface area contributed by atoms with Crippen molar-refractivity contribution >= 4 is 29.1 Å². The van der Waals surface area contributed by atoms with Crippen LogP contribution in [0, 0.1) is 16.0 Å². The Balaban J connectivity index is 1.75. The molecule has 176 valence electrons. The Morgan fingerprint density at radius 3 is 2.68 bits per heavy atom. The van der Waals surface area contributed by atoms with Gasteiger partial charge in [0, 0.05) is 19.3 Å². The van der Waals surface area contributed by atoms with E-state index in [1.54, 1.807) is 35.1 Å². The molecular formula is C24H26N6O4. The molecule has 0 radical (unpaired) electrons. The van der Waals surface area contributed by atoms with Gasteiger partial charge in [0.1, 0.15) is 12.1 Å². The predicted molar refractivity (Wildman–Crippen MR) is 127 cm³/mol. The third-order valence-corrected chi connectivity index (χ3v) is 5.67. The summed E-state index contributed by atoms with van der Waals surface area (Å²) in [5.74, 6) is 0.224. The van der Waals surface area contributed by atoms with Gasteiger partial charge in [0.15, 0.2) is 0 Å². The number of carbonyl (C=O) groups excluding carboxylic acids is 1. The second-order valence-corrected chi connectivity index (χ2v) is 7.92. The molecule has 1 saturated heterocycles. The average Bonchev–Trinajstić information content (AvgIpc) is 2.88. The lowest BCUT2D eigenvalue weighted by molar-refractivity contribution is -0.383. The van der Waals surface area contributed by atoms with E-state index >= 15 is 0 Å². The van der Waals surface area contributed by atoms with E-state index in [0.29, 0.717) is 44.9 Å². The van der Waals surface area contributed by atoms with Crippen LogP contribution in [-0.4, -0.2) is 45.5 Å². The highest BCUT2D eigenvalue weighted by Gasteiger charge is 2.35. The molecule has 2 aromatic heterocycles. The zero-order chi connectivity index (χ0) is 23.9. The number of pyridine rings is 1. The zero-order valence-electron chi connectivity index (χ0n) is 18.9. The highest BCUT2D eigenvalue weighted by molar-refractivity contribution is 5.77. The standard InChI is InChI=1S/C24H26N6O4/c1-2-34-24(31)19-11-8-14-28(16-19)22-21(30(32)33)23(27-17-26-22)29(20-12-6-7-13-25-20)15-18-9-4-3-5-10-18/h3-7,9-10,12-13,17,19H,2,8,11,14-16H2,1H3. The molecule has 0 bridgehead atoms. The Morgan fingerprint density at radius 2 is 1.97 bits per heavy atom. The van der Waals surface area contributed by atoms with E-state index in [1.165, 1.54) is 6.33 Å². The molecule has 0 spiro atoms. The van der Waals surface area contributed by atoms with Gasteiger partial charge in [-0.2, -0.15) is 0 Å². The first-order valence-corrected chi connectivity index (χ1v) is 11.2.